The Morgan fingerprint density at radius 2 is 1.21 bits per heavy atom. The number of benzene rings is 7. The van der Waals surface area contributed by atoms with Crippen molar-refractivity contribution in [3.8, 4) is 45.2 Å². The van der Waals surface area contributed by atoms with E-state index < -0.39 is 0 Å². The predicted octanol–water partition coefficient (Wildman–Crippen LogP) is 12.1. The highest BCUT2D eigenvalue weighted by molar-refractivity contribution is 6.22. The molecule has 8 aromatic rings. The Kier molecular flexibility index (Phi) is 5.34. The van der Waals surface area contributed by atoms with Crippen molar-refractivity contribution in [2.75, 3.05) is 4.90 Å². The highest BCUT2D eigenvalue weighted by Gasteiger charge is 2.36. The van der Waals surface area contributed by atoms with E-state index in [9.17, 15) is 0 Å². The lowest BCUT2D eigenvalue weighted by Crippen LogP contribution is -2.16. The molecule has 3 heteroatoms. The number of rotatable bonds is 4. The molecule has 0 N–H and O–H groups in total. The van der Waals surface area contributed by atoms with Gasteiger partial charge in [-0.1, -0.05) is 105 Å². The van der Waals surface area contributed by atoms with Crippen LogP contribution >= 0.6 is 0 Å². The molecule has 2 aliphatic carbocycles. The van der Waals surface area contributed by atoms with Gasteiger partial charge in [-0.3, -0.25) is 0 Å². The van der Waals surface area contributed by atoms with Gasteiger partial charge < -0.3 is 9.32 Å². The Morgan fingerprint density at radius 1 is 0.532 bits per heavy atom. The standard InChI is InChI=1S/C44H30N2O/c1-44(2)38-18-9-8-15-33(38)34-24-23-31(26-39(34)44)46(29-12-4-3-5-13-29)30-21-19-27(20-22-30)43-45-41-37-25-28-11-6-7-14-32(28)35-16-10-17-36(40(35)37)42(41)47-43/h3-26H,1-2H3. The van der Waals surface area contributed by atoms with Gasteiger partial charge in [-0.15, -0.1) is 0 Å². The van der Waals surface area contributed by atoms with Crippen LogP contribution in [0.4, 0.5) is 17.1 Å². The number of hydrogen-bond acceptors (Lipinski definition) is 3. The molecule has 2 aliphatic rings. The zero-order valence-electron chi connectivity index (χ0n) is 26.2. The number of nitrogens with zero attached hydrogens (tertiary/aromatic N) is 2. The van der Waals surface area contributed by atoms with Crippen molar-refractivity contribution < 1.29 is 4.42 Å². The van der Waals surface area contributed by atoms with Crippen LogP contribution < -0.4 is 4.90 Å². The third-order valence-electron chi connectivity index (χ3n) is 10.2. The molecule has 1 aromatic heterocycles. The van der Waals surface area contributed by atoms with Crippen molar-refractivity contribution in [3.63, 3.8) is 0 Å². The number of para-hydroxylation sites is 1. The molecular formula is C44H30N2O. The predicted molar refractivity (Wildman–Crippen MR) is 194 cm³/mol. The Morgan fingerprint density at radius 3 is 2.09 bits per heavy atom. The second-order valence-electron chi connectivity index (χ2n) is 13.2. The van der Waals surface area contributed by atoms with Gasteiger partial charge in [0, 0.05) is 44.6 Å². The molecule has 0 saturated heterocycles. The van der Waals surface area contributed by atoms with E-state index in [2.05, 4.69) is 164 Å². The first-order valence-corrected chi connectivity index (χ1v) is 16.2. The van der Waals surface area contributed by atoms with Crippen molar-refractivity contribution >= 4 is 38.6 Å². The van der Waals surface area contributed by atoms with Crippen LogP contribution in [0.2, 0.25) is 0 Å². The average molecular weight is 603 g/mol. The average Bonchev–Trinajstić information content (AvgIpc) is 3.75. The van der Waals surface area contributed by atoms with Crippen LogP contribution in [0.25, 0.3) is 66.7 Å². The van der Waals surface area contributed by atoms with Gasteiger partial charge in [0.15, 0.2) is 5.76 Å². The van der Waals surface area contributed by atoms with E-state index in [1.165, 1.54) is 43.8 Å². The second kappa shape index (κ2) is 9.54. The fourth-order valence-electron chi connectivity index (χ4n) is 7.96. The Bertz CT molecular complexity index is 2540. The summed E-state index contributed by atoms with van der Waals surface area (Å²) in [6, 6.07) is 52.2. The molecule has 0 bridgehead atoms. The van der Waals surface area contributed by atoms with Gasteiger partial charge in [-0.25, -0.2) is 4.98 Å². The maximum absolute atomic E-state index is 6.56. The van der Waals surface area contributed by atoms with Crippen LogP contribution in [0, 0.1) is 0 Å². The van der Waals surface area contributed by atoms with Crippen molar-refractivity contribution in [3.05, 3.63) is 157 Å². The fraction of sp³-hybridized carbons (Fsp3) is 0.0682. The molecule has 222 valence electrons. The molecule has 0 aliphatic heterocycles. The summed E-state index contributed by atoms with van der Waals surface area (Å²) >= 11 is 0. The smallest absolute Gasteiger partial charge is 0.227 e. The summed E-state index contributed by atoms with van der Waals surface area (Å²) in [5, 5.41) is 4.95. The first-order chi connectivity index (χ1) is 23.1. The van der Waals surface area contributed by atoms with E-state index in [1.807, 2.05) is 0 Å². The summed E-state index contributed by atoms with van der Waals surface area (Å²) in [5.41, 5.74) is 12.8. The number of anilines is 3. The molecule has 0 spiro atoms. The Hall–Kier alpha value is -5.93. The zero-order chi connectivity index (χ0) is 31.3. The van der Waals surface area contributed by atoms with E-state index in [-0.39, 0.29) is 5.41 Å². The lowest BCUT2D eigenvalue weighted by atomic mass is 9.82. The minimum Gasteiger partial charge on any atom is -0.435 e. The Labute approximate surface area is 273 Å². The SMILES string of the molecule is CC1(C)c2ccccc2-c2ccc(N(c3ccccc3)c3ccc(-c4nc5c(o4)-c4cccc6c4c-5cc4ccccc46)cc3)cc21. The molecule has 0 amide bonds. The Balaban J connectivity index is 1.05. The highest BCUT2D eigenvalue weighted by Crippen LogP contribution is 2.52. The molecule has 1 heterocycles. The zero-order valence-corrected chi connectivity index (χ0v) is 26.2. The summed E-state index contributed by atoms with van der Waals surface area (Å²) in [4.78, 5) is 7.43. The van der Waals surface area contributed by atoms with E-state index >= 15 is 0 Å². The van der Waals surface area contributed by atoms with Crippen LogP contribution in [0.15, 0.2) is 150 Å². The van der Waals surface area contributed by atoms with Crippen LogP contribution in [0.5, 0.6) is 0 Å². The van der Waals surface area contributed by atoms with E-state index in [1.54, 1.807) is 0 Å². The maximum atomic E-state index is 6.56. The minimum absolute atomic E-state index is 0.0747. The summed E-state index contributed by atoms with van der Waals surface area (Å²) in [6.07, 6.45) is 0. The quantitative estimate of drug-likeness (QED) is 0.188. The molecule has 0 radical (unpaired) electrons. The number of hydrogen-bond donors (Lipinski definition) is 0. The molecule has 0 atom stereocenters. The lowest BCUT2D eigenvalue weighted by molar-refractivity contribution is 0.590. The van der Waals surface area contributed by atoms with Crippen molar-refractivity contribution in [2.24, 2.45) is 0 Å². The third kappa shape index (κ3) is 3.71. The van der Waals surface area contributed by atoms with Gasteiger partial charge in [0.05, 0.1) is 0 Å². The topological polar surface area (TPSA) is 29.3 Å². The molecule has 47 heavy (non-hydrogen) atoms. The number of fused-ring (bicyclic) bond motifs is 8. The van der Waals surface area contributed by atoms with Crippen molar-refractivity contribution in [1.29, 1.82) is 0 Å². The molecule has 3 nitrogen and oxygen atoms in total. The van der Waals surface area contributed by atoms with Gasteiger partial charge >= 0.3 is 0 Å². The van der Waals surface area contributed by atoms with E-state index in [0.717, 1.165) is 45.2 Å². The van der Waals surface area contributed by atoms with Crippen molar-refractivity contribution in [2.45, 2.75) is 19.3 Å². The molecule has 0 fully saturated rings. The summed E-state index contributed by atoms with van der Waals surface area (Å²) < 4.78 is 6.56. The number of aromatic nitrogens is 1. The van der Waals surface area contributed by atoms with E-state index in [4.69, 9.17) is 9.40 Å². The molecule has 7 aromatic carbocycles. The summed E-state index contributed by atoms with van der Waals surface area (Å²) in [5.74, 6) is 1.49. The van der Waals surface area contributed by atoms with Crippen LogP contribution in [-0.2, 0) is 5.41 Å². The lowest BCUT2D eigenvalue weighted by Gasteiger charge is -2.28. The first-order valence-electron chi connectivity index (χ1n) is 16.2. The third-order valence-corrected chi connectivity index (χ3v) is 10.2. The van der Waals surface area contributed by atoms with E-state index in [0.29, 0.717) is 5.89 Å². The minimum atomic E-state index is -0.0747. The molecule has 0 unspecified atom stereocenters. The van der Waals surface area contributed by atoms with Crippen LogP contribution in [0.3, 0.4) is 0 Å². The summed E-state index contributed by atoms with van der Waals surface area (Å²) in [6.45, 7) is 4.66. The van der Waals surface area contributed by atoms with Gasteiger partial charge in [0.2, 0.25) is 5.89 Å². The normalized spacial score (nSPS) is 13.5. The van der Waals surface area contributed by atoms with Gasteiger partial charge in [0.1, 0.15) is 5.69 Å². The highest BCUT2D eigenvalue weighted by atomic mass is 16.4. The maximum Gasteiger partial charge on any atom is 0.227 e. The van der Waals surface area contributed by atoms with Gasteiger partial charge in [-0.2, -0.15) is 0 Å². The monoisotopic (exact) mass is 602 g/mol. The van der Waals surface area contributed by atoms with Gasteiger partial charge in [0.25, 0.3) is 0 Å². The second-order valence-corrected chi connectivity index (χ2v) is 13.2. The van der Waals surface area contributed by atoms with Crippen molar-refractivity contribution in [1.82, 2.24) is 4.98 Å². The van der Waals surface area contributed by atoms with Crippen LogP contribution in [0.1, 0.15) is 25.0 Å². The fourth-order valence-corrected chi connectivity index (χ4v) is 7.96. The summed E-state index contributed by atoms with van der Waals surface area (Å²) in [7, 11) is 0. The molecule has 0 saturated carbocycles. The van der Waals surface area contributed by atoms with Crippen LogP contribution in [-0.4, -0.2) is 4.98 Å². The molecular weight excluding hydrogens is 572 g/mol. The number of oxazole rings is 1. The largest absolute Gasteiger partial charge is 0.435 e. The van der Waals surface area contributed by atoms with Gasteiger partial charge in [-0.05, 0) is 93.0 Å². The molecule has 10 rings (SSSR count). The first kappa shape index (κ1) is 26.3.